The van der Waals surface area contributed by atoms with Crippen LogP contribution in [0.15, 0.2) is 0 Å². The average Bonchev–Trinajstić information content (AvgIpc) is 2.49. The van der Waals surface area contributed by atoms with Gasteiger partial charge in [0.05, 0.1) is 19.2 Å². The van der Waals surface area contributed by atoms with E-state index in [2.05, 4.69) is 5.32 Å². The molecule has 0 spiro atoms. The van der Waals surface area contributed by atoms with Gasteiger partial charge < -0.3 is 10.1 Å². The highest BCUT2D eigenvalue weighted by Crippen LogP contribution is 2.19. The minimum Gasteiger partial charge on any atom is -0.460 e. The highest BCUT2D eigenvalue weighted by atomic mass is 16.7. The zero-order valence-electron chi connectivity index (χ0n) is 12.2. The van der Waals surface area contributed by atoms with E-state index in [4.69, 9.17) is 9.57 Å². The average molecular weight is 272 g/mol. The maximum Gasteiger partial charge on any atom is 0.310 e. The van der Waals surface area contributed by atoms with E-state index in [-0.39, 0.29) is 24.5 Å². The Kier molecular flexibility index (Phi) is 5.75. The zero-order valence-corrected chi connectivity index (χ0v) is 12.2. The van der Waals surface area contributed by atoms with Gasteiger partial charge in [-0.25, -0.2) is 0 Å². The van der Waals surface area contributed by atoms with E-state index in [0.717, 1.165) is 12.8 Å². The van der Waals surface area contributed by atoms with E-state index in [0.29, 0.717) is 13.2 Å². The molecule has 110 valence electrons. The molecule has 0 saturated carbocycles. The standard InChI is InChI=1S/C13H24N2O4/c1-10(16)14-9-15-8-11(6-5-7-18-15)12(17)19-13(2,3)4/h11H,5-9H2,1-4H3,(H,14,16). The Bertz CT molecular complexity index is 325. The molecular formula is C13H24N2O4. The van der Waals surface area contributed by atoms with Crippen LogP contribution >= 0.6 is 0 Å². The molecule has 1 atom stereocenters. The van der Waals surface area contributed by atoms with E-state index < -0.39 is 5.60 Å². The predicted molar refractivity (Wildman–Crippen MR) is 69.9 cm³/mol. The molecule has 1 aliphatic rings. The van der Waals surface area contributed by atoms with E-state index in [1.54, 1.807) is 5.06 Å². The highest BCUT2D eigenvalue weighted by molar-refractivity contribution is 5.73. The van der Waals surface area contributed by atoms with Crippen LogP contribution in [0.2, 0.25) is 0 Å². The molecule has 1 N–H and O–H groups in total. The van der Waals surface area contributed by atoms with Gasteiger partial charge in [-0.1, -0.05) is 0 Å². The Balaban J connectivity index is 2.52. The van der Waals surface area contributed by atoms with Crippen molar-refractivity contribution in [3.63, 3.8) is 0 Å². The van der Waals surface area contributed by atoms with Gasteiger partial charge in [-0.15, -0.1) is 0 Å². The Morgan fingerprint density at radius 1 is 1.42 bits per heavy atom. The van der Waals surface area contributed by atoms with E-state index in [9.17, 15) is 9.59 Å². The number of rotatable bonds is 3. The molecule has 6 heteroatoms. The van der Waals surface area contributed by atoms with Gasteiger partial charge in [0.25, 0.3) is 0 Å². The molecule has 6 nitrogen and oxygen atoms in total. The Hall–Kier alpha value is -1.14. The fourth-order valence-electron chi connectivity index (χ4n) is 1.80. The first-order valence-corrected chi connectivity index (χ1v) is 6.63. The molecule has 0 aliphatic carbocycles. The first-order chi connectivity index (χ1) is 8.78. The summed E-state index contributed by atoms with van der Waals surface area (Å²) >= 11 is 0. The molecule has 1 heterocycles. The van der Waals surface area contributed by atoms with Gasteiger partial charge >= 0.3 is 5.97 Å². The maximum absolute atomic E-state index is 12.1. The second-order valence-electron chi connectivity index (χ2n) is 5.76. The number of carbonyl (C=O) groups excluding carboxylic acids is 2. The summed E-state index contributed by atoms with van der Waals surface area (Å²) in [6.45, 7) is 8.29. The van der Waals surface area contributed by atoms with Gasteiger partial charge in [0.2, 0.25) is 5.91 Å². The summed E-state index contributed by atoms with van der Waals surface area (Å²) in [5, 5.41) is 4.27. The third-order valence-corrected chi connectivity index (χ3v) is 2.64. The number of nitrogens with zero attached hydrogens (tertiary/aromatic N) is 1. The Morgan fingerprint density at radius 3 is 2.68 bits per heavy atom. The molecule has 0 bridgehead atoms. The predicted octanol–water partition coefficient (Wildman–Crippen LogP) is 1.07. The van der Waals surface area contributed by atoms with Crippen molar-refractivity contribution in [1.82, 2.24) is 10.4 Å². The van der Waals surface area contributed by atoms with Gasteiger partial charge in [0, 0.05) is 13.5 Å². The lowest BCUT2D eigenvalue weighted by atomic mass is 10.0. The van der Waals surface area contributed by atoms with Crippen LogP contribution in [0.3, 0.4) is 0 Å². The second kappa shape index (κ2) is 6.86. The maximum atomic E-state index is 12.1. The molecule has 0 radical (unpaired) electrons. The Morgan fingerprint density at radius 2 is 2.11 bits per heavy atom. The lowest BCUT2D eigenvalue weighted by Crippen LogP contribution is -2.40. The van der Waals surface area contributed by atoms with E-state index in [1.807, 2.05) is 20.8 Å². The lowest BCUT2D eigenvalue weighted by molar-refractivity contribution is -0.176. The number of hydroxylamine groups is 2. The summed E-state index contributed by atoms with van der Waals surface area (Å²) in [7, 11) is 0. The largest absolute Gasteiger partial charge is 0.460 e. The van der Waals surface area contributed by atoms with Crippen molar-refractivity contribution in [2.24, 2.45) is 5.92 Å². The van der Waals surface area contributed by atoms with E-state index in [1.165, 1.54) is 6.92 Å². The fourth-order valence-corrected chi connectivity index (χ4v) is 1.80. The first kappa shape index (κ1) is 15.9. The van der Waals surface area contributed by atoms with Gasteiger partial charge in [0.15, 0.2) is 0 Å². The molecule has 0 aromatic heterocycles. The zero-order chi connectivity index (χ0) is 14.5. The van der Waals surface area contributed by atoms with E-state index >= 15 is 0 Å². The summed E-state index contributed by atoms with van der Waals surface area (Å²) in [6, 6.07) is 0. The third-order valence-electron chi connectivity index (χ3n) is 2.64. The smallest absolute Gasteiger partial charge is 0.310 e. The number of hydrogen-bond acceptors (Lipinski definition) is 5. The molecule has 1 rings (SSSR count). The minimum absolute atomic E-state index is 0.123. The van der Waals surface area contributed by atoms with Crippen molar-refractivity contribution in [3.05, 3.63) is 0 Å². The molecule has 1 amide bonds. The van der Waals surface area contributed by atoms with Crippen molar-refractivity contribution in [2.75, 3.05) is 19.8 Å². The summed E-state index contributed by atoms with van der Waals surface area (Å²) in [5.74, 6) is -0.539. The summed E-state index contributed by atoms with van der Waals surface area (Å²) in [5.41, 5.74) is -0.479. The highest BCUT2D eigenvalue weighted by Gasteiger charge is 2.29. The third kappa shape index (κ3) is 6.54. The molecule has 0 aromatic carbocycles. The van der Waals surface area contributed by atoms with Crippen molar-refractivity contribution in [3.8, 4) is 0 Å². The number of nitrogens with one attached hydrogen (secondary N) is 1. The SMILES string of the molecule is CC(=O)NCN1CC(C(=O)OC(C)(C)C)CCCO1. The minimum atomic E-state index is -0.479. The van der Waals surface area contributed by atoms with Gasteiger partial charge in [-0.2, -0.15) is 5.06 Å². The van der Waals surface area contributed by atoms with Crippen molar-refractivity contribution >= 4 is 11.9 Å². The molecule has 1 aliphatic heterocycles. The monoisotopic (exact) mass is 272 g/mol. The van der Waals surface area contributed by atoms with Crippen LogP contribution in [0, 0.1) is 5.92 Å². The van der Waals surface area contributed by atoms with Crippen LogP contribution in [0.4, 0.5) is 0 Å². The molecule has 0 aromatic rings. The van der Waals surface area contributed by atoms with Crippen LogP contribution < -0.4 is 5.32 Å². The van der Waals surface area contributed by atoms with Crippen LogP contribution in [0.5, 0.6) is 0 Å². The topological polar surface area (TPSA) is 67.9 Å². The number of amides is 1. The molecule has 1 fully saturated rings. The van der Waals surface area contributed by atoms with Crippen LogP contribution in [-0.2, 0) is 19.2 Å². The van der Waals surface area contributed by atoms with Crippen molar-refractivity contribution in [2.45, 2.75) is 46.1 Å². The summed E-state index contributed by atoms with van der Waals surface area (Å²) in [6.07, 6.45) is 1.55. The number of ether oxygens (including phenoxy) is 1. The van der Waals surface area contributed by atoms with Crippen LogP contribution in [0.25, 0.3) is 0 Å². The normalized spacial score (nSPS) is 21.6. The van der Waals surface area contributed by atoms with Gasteiger partial charge in [-0.3, -0.25) is 14.4 Å². The molecule has 1 saturated heterocycles. The number of carbonyl (C=O) groups is 2. The summed E-state index contributed by atoms with van der Waals surface area (Å²) < 4.78 is 5.40. The van der Waals surface area contributed by atoms with Crippen molar-refractivity contribution in [1.29, 1.82) is 0 Å². The van der Waals surface area contributed by atoms with Crippen LogP contribution in [0.1, 0.15) is 40.5 Å². The lowest BCUT2D eigenvalue weighted by Gasteiger charge is -2.25. The second-order valence-corrected chi connectivity index (χ2v) is 5.76. The van der Waals surface area contributed by atoms with Crippen LogP contribution in [-0.4, -0.2) is 42.4 Å². The number of hydrogen-bond donors (Lipinski definition) is 1. The first-order valence-electron chi connectivity index (χ1n) is 6.63. The molecule has 19 heavy (non-hydrogen) atoms. The Labute approximate surface area is 114 Å². The van der Waals surface area contributed by atoms with Crippen molar-refractivity contribution < 1.29 is 19.2 Å². The number of esters is 1. The summed E-state index contributed by atoms with van der Waals surface area (Å²) in [4.78, 5) is 28.4. The van der Waals surface area contributed by atoms with Gasteiger partial charge in [-0.05, 0) is 33.6 Å². The fraction of sp³-hybridized carbons (Fsp3) is 0.846. The quantitative estimate of drug-likeness (QED) is 0.778. The molecular weight excluding hydrogens is 248 g/mol. The molecule has 1 unspecified atom stereocenters. The van der Waals surface area contributed by atoms with Gasteiger partial charge in [0.1, 0.15) is 5.60 Å².